The minimum atomic E-state index is -0.201. The van der Waals surface area contributed by atoms with Crippen LogP contribution in [0.2, 0.25) is 0 Å². The Hall–Kier alpha value is -2.39. The Balaban J connectivity index is 1.57. The first-order valence-corrected chi connectivity index (χ1v) is 10.8. The van der Waals surface area contributed by atoms with Crippen LogP contribution >= 0.6 is 11.8 Å². The van der Waals surface area contributed by atoms with Crippen LogP contribution in [0.25, 0.3) is 21.8 Å². The van der Waals surface area contributed by atoms with Crippen molar-refractivity contribution in [3.8, 4) is 0 Å². The highest BCUT2D eigenvalue weighted by Crippen LogP contribution is 2.26. The monoisotopic (exact) mass is 417 g/mol. The maximum Gasteiger partial charge on any atom is 0.272 e. The lowest BCUT2D eigenvalue weighted by Gasteiger charge is -2.09. The first-order valence-electron chi connectivity index (χ1n) is 9.81. The van der Waals surface area contributed by atoms with Crippen molar-refractivity contribution in [1.82, 2.24) is 25.3 Å². The van der Waals surface area contributed by atoms with Crippen LogP contribution in [0.5, 0.6) is 0 Å². The Kier molecular flexibility index (Phi) is 7.27. The van der Waals surface area contributed by atoms with Crippen LogP contribution in [0.3, 0.4) is 0 Å². The number of amides is 1. The number of methoxy groups -OCH3 is 1. The molecule has 0 bridgehead atoms. The van der Waals surface area contributed by atoms with Crippen LogP contribution < -0.4 is 5.32 Å². The van der Waals surface area contributed by atoms with Crippen molar-refractivity contribution < 1.29 is 14.3 Å². The van der Waals surface area contributed by atoms with Gasteiger partial charge < -0.3 is 10.1 Å². The van der Waals surface area contributed by atoms with E-state index in [0.717, 1.165) is 47.7 Å². The zero-order valence-electron chi connectivity index (χ0n) is 17.0. The number of aromatic amines is 1. The molecule has 3 rings (SSSR count). The number of unbranched alkanes of at least 4 members (excludes halogenated alkanes) is 3. The summed E-state index contributed by atoms with van der Waals surface area (Å²) in [4.78, 5) is 23.4. The third-order valence-electron chi connectivity index (χ3n) is 4.85. The molecule has 29 heavy (non-hydrogen) atoms. The third-order valence-corrected chi connectivity index (χ3v) is 5.75. The molecule has 0 saturated carbocycles. The van der Waals surface area contributed by atoms with Gasteiger partial charge in [0.2, 0.25) is 0 Å². The van der Waals surface area contributed by atoms with Crippen molar-refractivity contribution in [2.24, 2.45) is 0 Å². The summed E-state index contributed by atoms with van der Waals surface area (Å²) in [6.07, 6.45) is 5.79. The smallest absolute Gasteiger partial charge is 0.272 e. The number of rotatable bonds is 10. The van der Waals surface area contributed by atoms with E-state index in [-0.39, 0.29) is 17.3 Å². The molecule has 156 valence electrons. The van der Waals surface area contributed by atoms with Gasteiger partial charge in [-0.1, -0.05) is 24.6 Å². The topological polar surface area (TPSA) is 102 Å². The molecule has 8 nitrogen and oxygen atoms in total. The first-order chi connectivity index (χ1) is 14.0. The van der Waals surface area contributed by atoms with E-state index in [1.165, 1.54) is 11.8 Å². The van der Waals surface area contributed by atoms with Crippen LogP contribution in [-0.2, 0) is 9.53 Å². The fourth-order valence-corrected chi connectivity index (χ4v) is 3.79. The lowest BCUT2D eigenvalue weighted by Crippen LogP contribution is -2.25. The molecular weight excluding hydrogens is 390 g/mol. The number of carbonyl (C=O) groups excluding carboxylic acids is 2. The number of hydrogen-bond donors (Lipinski definition) is 2. The predicted molar refractivity (Wildman–Crippen MR) is 115 cm³/mol. The van der Waals surface area contributed by atoms with Gasteiger partial charge in [0.1, 0.15) is 11.7 Å². The zero-order chi connectivity index (χ0) is 20.8. The van der Waals surface area contributed by atoms with Gasteiger partial charge in [-0.15, -0.1) is 10.2 Å². The number of fused-ring (bicyclic) bond motifs is 3. The molecule has 0 spiro atoms. The van der Waals surface area contributed by atoms with Crippen LogP contribution in [0.4, 0.5) is 0 Å². The van der Waals surface area contributed by atoms with Gasteiger partial charge in [-0.05, 0) is 31.9 Å². The summed E-state index contributed by atoms with van der Waals surface area (Å²) in [5.74, 6) is 0.667. The second-order valence-corrected chi connectivity index (χ2v) is 8.24. The predicted octanol–water partition coefficient (Wildman–Crippen LogP) is 3.65. The number of aromatic nitrogens is 4. The van der Waals surface area contributed by atoms with E-state index in [9.17, 15) is 9.59 Å². The molecule has 2 N–H and O–H groups in total. The third kappa shape index (κ3) is 5.16. The van der Waals surface area contributed by atoms with Crippen molar-refractivity contribution in [1.29, 1.82) is 0 Å². The highest BCUT2D eigenvalue weighted by atomic mass is 32.2. The maximum absolute atomic E-state index is 12.5. The number of H-pyrrole nitrogens is 1. The molecule has 3 aromatic rings. The molecule has 0 aliphatic heterocycles. The average molecular weight is 418 g/mol. The summed E-state index contributed by atoms with van der Waals surface area (Å²) >= 11 is 1.37. The maximum atomic E-state index is 12.5. The number of nitrogens with zero attached hydrogens (tertiary/aromatic N) is 3. The molecule has 0 saturated heterocycles. The largest absolute Gasteiger partial charge is 0.360 e. The lowest BCUT2D eigenvalue weighted by atomic mass is 10.1. The normalized spacial score (nSPS) is 12.5. The number of benzene rings is 1. The fraction of sp³-hybridized carbons (Fsp3) is 0.500. The summed E-state index contributed by atoms with van der Waals surface area (Å²) in [6.45, 7) is 4.13. The minimum Gasteiger partial charge on any atom is -0.360 e. The van der Waals surface area contributed by atoms with Crippen molar-refractivity contribution in [2.45, 2.75) is 45.8 Å². The Bertz CT molecular complexity index is 997. The second-order valence-electron chi connectivity index (χ2n) is 6.96. The van der Waals surface area contributed by atoms with Crippen LogP contribution in [0.1, 0.15) is 56.2 Å². The minimum absolute atomic E-state index is 0.135. The number of hydrogen-bond acceptors (Lipinski definition) is 6. The number of nitrogens with one attached hydrogen (secondary N) is 2. The van der Waals surface area contributed by atoms with E-state index in [2.05, 4.69) is 20.6 Å². The Morgan fingerprint density at radius 1 is 1.21 bits per heavy atom. The zero-order valence-corrected chi connectivity index (χ0v) is 17.8. The number of ether oxygens (including phenoxy) is 1. The summed E-state index contributed by atoms with van der Waals surface area (Å²) in [6, 6.07) is 3.80. The highest BCUT2D eigenvalue weighted by molar-refractivity contribution is 8.13. The summed E-state index contributed by atoms with van der Waals surface area (Å²) in [7, 11) is 1.65. The SMILES string of the molecule is COC(C)n1cc2c(ccc3c(C(=O)NCCCCCCSC(C)=O)nnc32)[nH]1. The van der Waals surface area contributed by atoms with E-state index in [0.29, 0.717) is 17.8 Å². The molecule has 2 heterocycles. The van der Waals surface area contributed by atoms with Gasteiger partial charge in [0, 0.05) is 43.3 Å². The van der Waals surface area contributed by atoms with Crippen LogP contribution in [0.15, 0.2) is 18.3 Å². The Morgan fingerprint density at radius 3 is 2.76 bits per heavy atom. The summed E-state index contributed by atoms with van der Waals surface area (Å²) in [5.41, 5.74) is 1.97. The van der Waals surface area contributed by atoms with Gasteiger partial charge in [0.25, 0.3) is 5.91 Å². The van der Waals surface area contributed by atoms with E-state index >= 15 is 0 Å². The first kappa shape index (κ1) is 21.3. The van der Waals surface area contributed by atoms with Gasteiger partial charge in [-0.2, -0.15) is 0 Å². The molecule has 0 fully saturated rings. The fourth-order valence-electron chi connectivity index (χ4n) is 3.16. The van der Waals surface area contributed by atoms with Crippen molar-refractivity contribution in [3.05, 3.63) is 24.0 Å². The van der Waals surface area contributed by atoms with Crippen molar-refractivity contribution >= 4 is 44.6 Å². The summed E-state index contributed by atoms with van der Waals surface area (Å²) < 4.78 is 7.19. The average Bonchev–Trinajstić information content (AvgIpc) is 3.32. The molecule has 1 amide bonds. The quantitative estimate of drug-likeness (QED) is 0.488. The standard InChI is InChI=1S/C20H27N5O3S/c1-13(28-3)25-12-16-17(24-25)9-8-15-18(16)22-23-19(15)20(27)21-10-6-4-5-7-11-29-14(2)26/h8-9,12-13,24H,4-7,10-11H2,1-3H3,(H,21,27). The molecule has 9 heteroatoms. The van der Waals surface area contributed by atoms with Crippen molar-refractivity contribution in [2.75, 3.05) is 19.4 Å². The molecule has 0 aliphatic carbocycles. The van der Waals surface area contributed by atoms with E-state index < -0.39 is 0 Å². The van der Waals surface area contributed by atoms with Gasteiger partial charge in [0.15, 0.2) is 10.8 Å². The molecule has 1 unspecified atom stereocenters. The molecule has 1 atom stereocenters. The number of thioether (sulfide) groups is 1. The van der Waals surface area contributed by atoms with Gasteiger partial charge >= 0.3 is 0 Å². The second kappa shape index (κ2) is 9.89. The van der Waals surface area contributed by atoms with E-state index in [1.807, 2.05) is 29.9 Å². The van der Waals surface area contributed by atoms with Crippen LogP contribution in [-0.4, -0.2) is 50.4 Å². The molecule has 2 aromatic heterocycles. The van der Waals surface area contributed by atoms with Gasteiger partial charge in [0.05, 0.1) is 5.52 Å². The van der Waals surface area contributed by atoms with Crippen molar-refractivity contribution in [3.63, 3.8) is 0 Å². The van der Waals surface area contributed by atoms with Crippen LogP contribution in [0, 0.1) is 0 Å². The molecule has 0 radical (unpaired) electrons. The Morgan fingerprint density at radius 2 is 2.00 bits per heavy atom. The van der Waals surface area contributed by atoms with E-state index in [1.54, 1.807) is 14.0 Å². The molecular formula is C20H27N5O3S. The highest BCUT2D eigenvalue weighted by Gasteiger charge is 2.17. The number of carbonyl (C=O) groups is 2. The Labute approximate surface area is 173 Å². The molecule has 1 aromatic carbocycles. The van der Waals surface area contributed by atoms with Gasteiger partial charge in [-0.25, -0.2) is 0 Å². The summed E-state index contributed by atoms with van der Waals surface area (Å²) in [5, 5.41) is 16.4. The lowest BCUT2D eigenvalue weighted by molar-refractivity contribution is -0.109. The molecule has 0 aliphatic rings. The van der Waals surface area contributed by atoms with Gasteiger partial charge in [-0.3, -0.25) is 19.4 Å². The van der Waals surface area contributed by atoms with E-state index in [4.69, 9.17) is 4.74 Å².